The van der Waals surface area contributed by atoms with Crippen molar-refractivity contribution in [3.63, 3.8) is 0 Å². The Morgan fingerprint density at radius 1 is 1.21 bits per heavy atom. The maximum Gasteiger partial charge on any atom is 0.163 e. The monoisotopic (exact) mass is 262 g/mol. The maximum atomic E-state index is 5.71. The number of anilines is 1. The Hall–Kier alpha value is -1.42. The number of ether oxygens (including phenoxy) is 2. The Kier molecular flexibility index (Phi) is 3.27. The van der Waals surface area contributed by atoms with Gasteiger partial charge in [0.1, 0.15) is 0 Å². The van der Waals surface area contributed by atoms with Crippen LogP contribution in [-0.2, 0) is 0 Å². The van der Waals surface area contributed by atoms with E-state index in [0.717, 1.165) is 49.8 Å². The topological polar surface area (TPSA) is 42.5 Å². The second kappa shape index (κ2) is 4.93. The van der Waals surface area contributed by atoms with Crippen LogP contribution in [0.15, 0.2) is 18.2 Å². The number of hydrogen-bond donors (Lipinski definition) is 2. The van der Waals surface area contributed by atoms with E-state index < -0.39 is 0 Å². The quantitative estimate of drug-likeness (QED) is 0.859. The summed E-state index contributed by atoms with van der Waals surface area (Å²) < 4.78 is 11.4. The van der Waals surface area contributed by atoms with E-state index in [1.165, 1.54) is 0 Å². The Morgan fingerprint density at radius 2 is 2.00 bits per heavy atom. The van der Waals surface area contributed by atoms with Gasteiger partial charge in [0.2, 0.25) is 0 Å². The second-order valence-corrected chi connectivity index (χ2v) is 6.02. The second-order valence-electron chi connectivity index (χ2n) is 6.02. The minimum atomic E-state index is 0.225. The Labute approximate surface area is 114 Å². The molecule has 19 heavy (non-hydrogen) atoms. The summed E-state index contributed by atoms with van der Waals surface area (Å²) in [7, 11) is 0. The van der Waals surface area contributed by atoms with Gasteiger partial charge >= 0.3 is 0 Å². The van der Waals surface area contributed by atoms with Crippen LogP contribution in [0.25, 0.3) is 0 Å². The van der Waals surface area contributed by atoms with Gasteiger partial charge in [0.15, 0.2) is 11.5 Å². The molecule has 0 bridgehead atoms. The zero-order valence-corrected chi connectivity index (χ0v) is 11.7. The predicted molar refractivity (Wildman–Crippen MR) is 76.2 cm³/mol. The summed E-state index contributed by atoms with van der Waals surface area (Å²) in [4.78, 5) is 0. The smallest absolute Gasteiger partial charge is 0.163 e. The number of fused-ring (bicyclic) bond motifs is 1. The molecule has 4 heteroatoms. The first-order valence-electron chi connectivity index (χ1n) is 7.04. The number of nitrogens with one attached hydrogen (secondary N) is 2. The largest absolute Gasteiger partial charge is 0.490 e. The highest BCUT2D eigenvalue weighted by atomic mass is 16.5. The molecule has 1 atom stereocenters. The fourth-order valence-corrected chi connectivity index (χ4v) is 2.75. The molecule has 1 fully saturated rings. The molecule has 2 aliphatic rings. The average molecular weight is 262 g/mol. The highest BCUT2D eigenvalue weighted by Crippen LogP contribution is 2.33. The average Bonchev–Trinajstić information content (AvgIpc) is 2.59. The SMILES string of the molecule is CC1(C)CC(Nc2ccc3c(c2)OCCCO3)CN1. The summed E-state index contributed by atoms with van der Waals surface area (Å²) in [5.41, 5.74) is 1.33. The molecule has 1 unspecified atom stereocenters. The summed E-state index contributed by atoms with van der Waals surface area (Å²) in [5.74, 6) is 1.71. The standard InChI is InChI=1S/C15H22N2O2/c1-15(2)9-12(10-16-15)17-11-4-5-13-14(8-11)19-7-3-6-18-13/h4-5,8,12,16-17H,3,6-7,9-10H2,1-2H3. The summed E-state index contributed by atoms with van der Waals surface area (Å²) >= 11 is 0. The molecule has 0 radical (unpaired) electrons. The molecule has 0 saturated carbocycles. The van der Waals surface area contributed by atoms with Gasteiger partial charge in [0, 0.05) is 36.3 Å². The van der Waals surface area contributed by atoms with Crippen molar-refractivity contribution in [2.75, 3.05) is 25.1 Å². The molecule has 2 heterocycles. The summed E-state index contributed by atoms with van der Waals surface area (Å²) in [6, 6.07) is 6.58. The zero-order valence-electron chi connectivity index (χ0n) is 11.7. The van der Waals surface area contributed by atoms with Crippen LogP contribution in [0.4, 0.5) is 5.69 Å². The van der Waals surface area contributed by atoms with E-state index in [-0.39, 0.29) is 5.54 Å². The van der Waals surface area contributed by atoms with Crippen LogP contribution in [0.5, 0.6) is 11.5 Å². The zero-order chi connectivity index (χ0) is 13.3. The normalized spacial score (nSPS) is 24.8. The molecule has 3 rings (SSSR count). The molecular formula is C15H22N2O2. The molecule has 1 saturated heterocycles. The van der Waals surface area contributed by atoms with Crippen molar-refractivity contribution in [1.82, 2.24) is 5.32 Å². The molecule has 0 aliphatic carbocycles. The summed E-state index contributed by atoms with van der Waals surface area (Å²) in [5, 5.41) is 7.09. The lowest BCUT2D eigenvalue weighted by Crippen LogP contribution is -2.31. The van der Waals surface area contributed by atoms with Crippen LogP contribution in [-0.4, -0.2) is 31.3 Å². The Bertz CT molecular complexity index is 459. The summed E-state index contributed by atoms with van der Waals surface area (Å²) in [6.07, 6.45) is 2.07. The maximum absolute atomic E-state index is 5.71. The molecule has 2 aliphatic heterocycles. The van der Waals surface area contributed by atoms with Crippen LogP contribution < -0.4 is 20.1 Å². The Morgan fingerprint density at radius 3 is 2.74 bits per heavy atom. The van der Waals surface area contributed by atoms with Gasteiger partial charge < -0.3 is 20.1 Å². The van der Waals surface area contributed by atoms with Gasteiger partial charge in [0.25, 0.3) is 0 Å². The van der Waals surface area contributed by atoms with E-state index in [1.807, 2.05) is 12.1 Å². The van der Waals surface area contributed by atoms with Gasteiger partial charge in [-0.3, -0.25) is 0 Å². The van der Waals surface area contributed by atoms with Crippen LogP contribution in [0.3, 0.4) is 0 Å². The molecule has 0 spiro atoms. The predicted octanol–water partition coefficient (Wildman–Crippen LogP) is 2.40. The van der Waals surface area contributed by atoms with Crippen molar-refractivity contribution in [1.29, 1.82) is 0 Å². The first-order valence-corrected chi connectivity index (χ1v) is 7.04. The van der Waals surface area contributed by atoms with Crippen LogP contribution in [0.2, 0.25) is 0 Å². The van der Waals surface area contributed by atoms with E-state index in [0.29, 0.717) is 6.04 Å². The molecule has 2 N–H and O–H groups in total. The molecule has 104 valence electrons. The van der Waals surface area contributed by atoms with E-state index in [1.54, 1.807) is 0 Å². The number of benzene rings is 1. The van der Waals surface area contributed by atoms with Gasteiger partial charge in [0.05, 0.1) is 13.2 Å². The van der Waals surface area contributed by atoms with E-state index >= 15 is 0 Å². The van der Waals surface area contributed by atoms with Gasteiger partial charge in [-0.15, -0.1) is 0 Å². The van der Waals surface area contributed by atoms with Crippen molar-refractivity contribution in [2.24, 2.45) is 0 Å². The van der Waals surface area contributed by atoms with Crippen molar-refractivity contribution < 1.29 is 9.47 Å². The van der Waals surface area contributed by atoms with Crippen molar-refractivity contribution in [2.45, 2.75) is 38.3 Å². The lowest BCUT2D eigenvalue weighted by atomic mass is 10.0. The van der Waals surface area contributed by atoms with E-state index in [2.05, 4.69) is 30.5 Å². The molecule has 4 nitrogen and oxygen atoms in total. The van der Waals surface area contributed by atoms with Crippen LogP contribution in [0, 0.1) is 0 Å². The lowest BCUT2D eigenvalue weighted by molar-refractivity contribution is 0.297. The molecular weight excluding hydrogens is 240 g/mol. The van der Waals surface area contributed by atoms with Gasteiger partial charge in [-0.1, -0.05) is 0 Å². The third-order valence-electron chi connectivity index (χ3n) is 3.70. The highest BCUT2D eigenvalue weighted by molar-refractivity contribution is 5.55. The number of rotatable bonds is 2. The van der Waals surface area contributed by atoms with Crippen molar-refractivity contribution in [3.05, 3.63) is 18.2 Å². The minimum absolute atomic E-state index is 0.225. The first kappa shape index (κ1) is 12.6. The third kappa shape index (κ3) is 2.95. The van der Waals surface area contributed by atoms with Gasteiger partial charge in [-0.05, 0) is 32.4 Å². The van der Waals surface area contributed by atoms with Gasteiger partial charge in [-0.2, -0.15) is 0 Å². The first-order chi connectivity index (χ1) is 9.12. The fraction of sp³-hybridized carbons (Fsp3) is 0.600. The highest BCUT2D eigenvalue weighted by Gasteiger charge is 2.30. The Balaban J connectivity index is 1.70. The van der Waals surface area contributed by atoms with Crippen LogP contribution >= 0.6 is 0 Å². The summed E-state index contributed by atoms with van der Waals surface area (Å²) in [6.45, 7) is 6.95. The molecule has 1 aromatic rings. The number of hydrogen-bond acceptors (Lipinski definition) is 4. The van der Waals surface area contributed by atoms with Gasteiger partial charge in [-0.25, -0.2) is 0 Å². The fourth-order valence-electron chi connectivity index (χ4n) is 2.75. The van der Waals surface area contributed by atoms with Crippen molar-refractivity contribution >= 4 is 5.69 Å². The minimum Gasteiger partial charge on any atom is -0.490 e. The van der Waals surface area contributed by atoms with Crippen LogP contribution in [0.1, 0.15) is 26.7 Å². The van der Waals surface area contributed by atoms with Crippen molar-refractivity contribution in [3.8, 4) is 11.5 Å². The van der Waals surface area contributed by atoms with E-state index in [4.69, 9.17) is 9.47 Å². The molecule has 0 aromatic heterocycles. The molecule has 1 aromatic carbocycles. The lowest BCUT2D eigenvalue weighted by Gasteiger charge is -2.18. The molecule has 0 amide bonds. The third-order valence-corrected chi connectivity index (χ3v) is 3.70. The van der Waals surface area contributed by atoms with E-state index in [9.17, 15) is 0 Å².